The van der Waals surface area contributed by atoms with E-state index in [1.165, 1.54) is 18.7 Å². The van der Waals surface area contributed by atoms with Crippen molar-refractivity contribution in [2.75, 3.05) is 12.4 Å². The number of rotatable bonds is 4. The fraction of sp³-hybridized carbons (Fsp3) is 0.714. The number of nitrogens with zero attached hydrogens (tertiary/aromatic N) is 1. The number of hydrogen-bond donors (Lipinski definition) is 0. The van der Waals surface area contributed by atoms with Gasteiger partial charge in [-0.3, -0.25) is 4.79 Å². The lowest BCUT2D eigenvalue weighted by molar-refractivity contribution is -0.141. The molecule has 3 nitrogen and oxygen atoms in total. The van der Waals surface area contributed by atoms with Gasteiger partial charge >= 0.3 is 5.97 Å². The van der Waals surface area contributed by atoms with Crippen LogP contribution in [0.4, 0.5) is 0 Å². The lowest BCUT2D eigenvalue weighted by atomic mass is 10.2. The molecule has 0 saturated heterocycles. The predicted molar refractivity (Wildman–Crippen MR) is 43.9 cm³/mol. The van der Waals surface area contributed by atoms with Crippen LogP contribution in [0.1, 0.15) is 13.8 Å². The second kappa shape index (κ2) is 6.05. The number of thiocyanates is 1. The number of esters is 1. The van der Waals surface area contributed by atoms with Gasteiger partial charge in [0.1, 0.15) is 5.40 Å². The van der Waals surface area contributed by atoms with Crippen molar-refractivity contribution in [2.45, 2.75) is 13.8 Å². The molecule has 0 N–H and O–H groups in total. The van der Waals surface area contributed by atoms with E-state index in [4.69, 9.17) is 10.00 Å². The van der Waals surface area contributed by atoms with Crippen LogP contribution in [0.3, 0.4) is 0 Å². The number of ether oxygens (including phenoxy) is 1. The van der Waals surface area contributed by atoms with Crippen molar-refractivity contribution < 1.29 is 9.53 Å². The van der Waals surface area contributed by atoms with Crippen LogP contribution in [-0.2, 0) is 9.53 Å². The second-order valence-electron chi connectivity index (χ2n) is 2.31. The molecule has 0 aliphatic carbocycles. The Kier molecular flexibility index (Phi) is 5.67. The number of thioether (sulfide) groups is 1. The van der Waals surface area contributed by atoms with Crippen LogP contribution in [0.2, 0.25) is 0 Å². The van der Waals surface area contributed by atoms with Gasteiger partial charge in [-0.1, -0.05) is 6.92 Å². The van der Waals surface area contributed by atoms with Crippen molar-refractivity contribution in [3.05, 3.63) is 0 Å². The first-order valence-electron chi connectivity index (χ1n) is 3.31. The molecule has 11 heavy (non-hydrogen) atoms. The quantitative estimate of drug-likeness (QED) is 0.476. The Hall–Kier alpha value is -0.690. The Morgan fingerprint density at radius 3 is 2.91 bits per heavy atom. The van der Waals surface area contributed by atoms with Gasteiger partial charge in [0.15, 0.2) is 0 Å². The van der Waals surface area contributed by atoms with E-state index in [0.717, 1.165) is 0 Å². The van der Waals surface area contributed by atoms with Gasteiger partial charge in [0.2, 0.25) is 0 Å². The van der Waals surface area contributed by atoms with Gasteiger partial charge in [-0.2, -0.15) is 5.26 Å². The van der Waals surface area contributed by atoms with E-state index in [9.17, 15) is 4.79 Å². The van der Waals surface area contributed by atoms with Gasteiger partial charge in [0, 0.05) is 18.6 Å². The predicted octanol–water partition coefficient (Wildman–Crippen LogP) is 1.40. The first-order chi connectivity index (χ1) is 5.16. The molecule has 4 heteroatoms. The molecule has 62 valence electrons. The topological polar surface area (TPSA) is 50.1 Å². The lowest BCUT2D eigenvalue weighted by Gasteiger charge is -2.07. The van der Waals surface area contributed by atoms with E-state index >= 15 is 0 Å². The number of nitriles is 1. The summed E-state index contributed by atoms with van der Waals surface area (Å²) in [6.45, 7) is 3.72. The smallest absolute Gasteiger partial charge is 0.302 e. The van der Waals surface area contributed by atoms with Gasteiger partial charge < -0.3 is 4.74 Å². The minimum Gasteiger partial charge on any atom is -0.466 e. The van der Waals surface area contributed by atoms with Gasteiger partial charge in [-0.15, -0.1) is 0 Å². The molecule has 0 saturated carbocycles. The van der Waals surface area contributed by atoms with Gasteiger partial charge in [-0.25, -0.2) is 0 Å². The molecule has 1 atom stereocenters. The van der Waals surface area contributed by atoms with Crippen molar-refractivity contribution in [3.63, 3.8) is 0 Å². The first kappa shape index (κ1) is 10.3. The maximum Gasteiger partial charge on any atom is 0.302 e. The van der Waals surface area contributed by atoms with Crippen molar-refractivity contribution >= 4 is 17.7 Å². The van der Waals surface area contributed by atoms with Crippen LogP contribution < -0.4 is 0 Å². The van der Waals surface area contributed by atoms with Crippen molar-refractivity contribution in [1.29, 1.82) is 5.26 Å². The summed E-state index contributed by atoms with van der Waals surface area (Å²) in [6.07, 6.45) is 0. The summed E-state index contributed by atoms with van der Waals surface area (Å²) in [7, 11) is 0. The van der Waals surface area contributed by atoms with Crippen LogP contribution in [0.25, 0.3) is 0 Å². The third-order valence-corrected chi connectivity index (χ3v) is 1.87. The summed E-state index contributed by atoms with van der Waals surface area (Å²) in [5.74, 6) is 0.700. The molecule has 0 fully saturated rings. The van der Waals surface area contributed by atoms with E-state index in [0.29, 0.717) is 12.4 Å². The van der Waals surface area contributed by atoms with Crippen molar-refractivity contribution in [2.24, 2.45) is 5.92 Å². The molecule has 0 aromatic rings. The zero-order chi connectivity index (χ0) is 8.69. The molecule has 0 bridgehead atoms. The summed E-state index contributed by atoms with van der Waals surface area (Å²) in [5, 5.41) is 10.2. The molecule has 0 aromatic carbocycles. The molecule has 0 rings (SSSR count). The second-order valence-corrected chi connectivity index (χ2v) is 3.11. The first-order valence-corrected chi connectivity index (χ1v) is 4.29. The molecule has 0 spiro atoms. The van der Waals surface area contributed by atoms with Gasteiger partial charge in [0.25, 0.3) is 0 Å². The molecular formula is C7H11NO2S. The number of carbonyl (C=O) groups is 1. The Morgan fingerprint density at radius 1 is 1.82 bits per heavy atom. The minimum absolute atomic E-state index is 0.253. The lowest BCUT2D eigenvalue weighted by Crippen LogP contribution is -2.10. The highest BCUT2D eigenvalue weighted by Gasteiger charge is 2.03. The number of hydrogen-bond acceptors (Lipinski definition) is 4. The normalized spacial score (nSPS) is 11.7. The monoisotopic (exact) mass is 173 g/mol. The number of carbonyl (C=O) groups excluding carboxylic acids is 1. The fourth-order valence-electron chi connectivity index (χ4n) is 0.487. The largest absolute Gasteiger partial charge is 0.466 e. The molecule has 0 radical (unpaired) electrons. The van der Waals surface area contributed by atoms with E-state index in [1.807, 2.05) is 12.3 Å². The third-order valence-electron chi connectivity index (χ3n) is 1.00. The van der Waals surface area contributed by atoms with Crippen LogP contribution in [0, 0.1) is 16.6 Å². The third kappa shape index (κ3) is 7.20. The Balaban J connectivity index is 3.31. The molecule has 1 unspecified atom stereocenters. The summed E-state index contributed by atoms with van der Waals surface area (Å²) < 4.78 is 4.74. The molecule has 0 aromatic heterocycles. The Morgan fingerprint density at radius 2 is 2.45 bits per heavy atom. The fourth-order valence-corrected chi connectivity index (χ4v) is 0.943. The minimum atomic E-state index is -0.265. The van der Waals surface area contributed by atoms with Crippen LogP contribution in [-0.4, -0.2) is 18.3 Å². The van der Waals surface area contributed by atoms with Gasteiger partial charge in [-0.05, 0) is 11.8 Å². The average molecular weight is 173 g/mol. The van der Waals surface area contributed by atoms with Crippen molar-refractivity contribution in [1.82, 2.24) is 0 Å². The molecular weight excluding hydrogens is 162 g/mol. The summed E-state index contributed by atoms with van der Waals surface area (Å²) in [6, 6.07) is 0. The SMILES string of the molecule is CC(=O)OCC(C)CSC#N. The molecule has 0 heterocycles. The highest BCUT2D eigenvalue weighted by molar-refractivity contribution is 8.03. The summed E-state index contributed by atoms with van der Waals surface area (Å²) >= 11 is 1.18. The maximum absolute atomic E-state index is 10.3. The highest BCUT2D eigenvalue weighted by atomic mass is 32.2. The maximum atomic E-state index is 10.3. The van der Waals surface area contributed by atoms with E-state index in [1.54, 1.807) is 0 Å². The zero-order valence-corrected chi connectivity index (χ0v) is 7.48. The summed E-state index contributed by atoms with van der Waals surface area (Å²) in [5.41, 5.74) is 0. The van der Waals surface area contributed by atoms with Crippen LogP contribution in [0.15, 0.2) is 0 Å². The van der Waals surface area contributed by atoms with Crippen LogP contribution >= 0.6 is 11.8 Å². The molecule has 0 amide bonds. The standard InChI is InChI=1S/C7H11NO2S/c1-6(4-11-5-8)3-10-7(2)9/h6H,3-4H2,1-2H3. The Bertz CT molecular complexity index is 164. The summed E-state index contributed by atoms with van der Waals surface area (Å²) in [4.78, 5) is 10.3. The van der Waals surface area contributed by atoms with Crippen molar-refractivity contribution in [3.8, 4) is 5.40 Å². The van der Waals surface area contributed by atoms with E-state index in [2.05, 4.69) is 0 Å². The highest BCUT2D eigenvalue weighted by Crippen LogP contribution is 2.06. The van der Waals surface area contributed by atoms with E-state index < -0.39 is 0 Å². The van der Waals surface area contributed by atoms with E-state index in [-0.39, 0.29) is 11.9 Å². The molecule has 0 aliphatic heterocycles. The molecule has 0 aliphatic rings. The average Bonchev–Trinajstić information content (AvgIpc) is 1.97. The van der Waals surface area contributed by atoms with Crippen LogP contribution in [0.5, 0.6) is 0 Å². The Labute approximate surface area is 70.7 Å². The zero-order valence-electron chi connectivity index (χ0n) is 6.66. The van der Waals surface area contributed by atoms with Gasteiger partial charge in [0.05, 0.1) is 6.61 Å².